The van der Waals surface area contributed by atoms with Crippen LogP contribution in [0.2, 0.25) is 0 Å². The lowest BCUT2D eigenvalue weighted by atomic mass is 10.1. The van der Waals surface area contributed by atoms with Crippen molar-refractivity contribution in [2.75, 3.05) is 13.2 Å². The minimum atomic E-state index is -1.40. The van der Waals surface area contributed by atoms with Crippen LogP contribution in [0.5, 0.6) is 0 Å². The Morgan fingerprint density at radius 1 is 1.23 bits per heavy atom. The summed E-state index contributed by atoms with van der Waals surface area (Å²) in [7, 11) is 0. The molecule has 4 N–H and O–H groups in total. The Bertz CT molecular complexity index is 149. The fourth-order valence-corrected chi connectivity index (χ4v) is 0.813. The summed E-state index contributed by atoms with van der Waals surface area (Å²) < 4.78 is 4.50. The lowest BCUT2D eigenvalue weighted by molar-refractivity contribution is -0.166. The van der Waals surface area contributed by atoms with Crippen LogP contribution in [0.25, 0.3) is 0 Å². The van der Waals surface area contributed by atoms with Crippen molar-refractivity contribution < 1.29 is 30.0 Å². The second kappa shape index (κ2) is 5.87. The van der Waals surface area contributed by atoms with Crippen molar-refractivity contribution in [1.29, 1.82) is 0 Å². The van der Waals surface area contributed by atoms with Gasteiger partial charge in [0.15, 0.2) is 6.10 Å². The van der Waals surface area contributed by atoms with Crippen LogP contribution in [-0.4, -0.2) is 57.9 Å². The van der Waals surface area contributed by atoms with Gasteiger partial charge in [-0.15, -0.1) is 0 Å². The van der Waals surface area contributed by atoms with E-state index in [1.54, 1.807) is 0 Å². The topological polar surface area (TPSA) is 107 Å². The maximum Gasteiger partial charge on any atom is 0.303 e. The summed E-state index contributed by atoms with van der Waals surface area (Å²) in [6.45, 7) is -0.217. The van der Waals surface area contributed by atoms with Gasteiger partial charge in [-0.25, -0.2) is 0 Å². The van der Waals surface area contributed by atoms with Crippen LogP contribution in [-0.2, 0) is 9.53 Å². The molecule has 6 nitrogen and oxygen atoms in total. The van der Waals surface area contributed by atoms with E-state index in [2.05, 4.69) is 4.74 Å². The molecule has 78 valence electrons. The molecule has 0 aromatic carbocycles. The minimum Gasteiger partial charge on any atom is -0.457 e. The number of esters is 1. The molecule has 2 unspecified atom stereocenters. The van der Waals surface area contributed by atoms with E-state index < -0.39 is 37.5 Å². The molecule has 0 saturated heterocycles. The van der Waals surface area contributed by atoms with Gasteiger partial charge >= 0.3 is 5.97 Å². The van der Waals surface area contributed by atoms with Gasteiger partial charge in [0.1, 0.15) is 12.2 Å². The van der Waals surface area contributed by atoms with Gasteiger partial charge in [0.05, 0.1) is 13.2 Å². The normalized spacial score (nSPS) is 17.6. The van der Waals surface area contributed by atoms with E-state index in [1.165, 1.54) is 0 Å². The molecule has 0 aromatic rings. The fourth-order valence-electron chi connectivity index (χ4n) is 0.813. The largest absolute Gasteiger partial charge is 0.457 e. The maximum absolute atomic E-state index is 10.5. The third-order valence-corrected chi connectivity index (χ3v) is 1.43. The number of carbonyl (C=O) groups is 1. The Kier molecular flexibility index (Phi) is 5.56. The Morgan fingerprint density at radius 3 is 1.85 bits per heavy atom. The van der Waals surface area contributed by atoms with Crippen LogP contribution in [0.1, 0.15) is 6.92 Å². The third kappa shape index (κ3) is 4.18. The predicted molar refractivity (Wildman–Crippen MR) is 41.7 cm³/mol. The lowest BCUT2D eigenvalue weighted by Crippen LogP contribution is -2.44. The van der Waals surface area contributed by atoms with Crippen LogP contribution in [0, 0.1) is 0 Å². The quantitative estimate of drug-likeness (QED) is 0.364. The van der Waals surface area contributed by atoms with E-state index in [9.17, 15) is 4.79 Å². The molecule has 6 heteroatoms. The van der Waals surface area contributed by atoms with E-state index in [0.29, 0.717) is 0 Å². The first-order chi connectivity index (χ1) is 6.02. The highest BCUT2D eigenvalue weighted by atomic mass is 16.6. The van der Waals surface area contributed by atoms with Gasteiger partial charge in [0.2, 0.25) is 0 Å². The minimum absolute atomic E-state index is 0.658. The molecule has 0 aromatic heterocycles. The van der Waals surface area contributed by atoms with Gasteiger partial charge in [-0.1, -0.05) is 0 Å². The highest BCUT2D eigenvalue weighted by Gasteiger charge is 2.28. The summed E-state index contributed by atoms with van der Waals surface area (Å²) in [6, 6.07) is 0. The van der Waals surface area contributed by atoms with Crippen molar-refractivity contribution in [1.82, 2.24) is 0 Å². The summed E-state index contributed by atoms with van der Waals surface area (Å²) in [5.74, 6) is -0.704. The van der Waals surface area contributed by atoms with Crippen LogP contribution in [0.4, 0.5) is 0 Å². The van der Waals surface area contributed by atoms with Crippen molar-refractivity contribution in [3.05, 3.63) is 0 Å². The zero-order chi connectivity index (χ0) is 10.4. The standard InChI is InChI=1S/C7H14O6/c1-4(10)13-7(5(11)2-8)6(12)3-9/h5-9,11-12H,2-3H2,1H3. The van der Waals surface area contributed by atoms with E-state index in [-0.39, 0.29) is 0 Å². The highest BCUT2D eigenvalue weighted by Crippen LogP contribution is 2.05. The molecule has 0 aliphatic rings. The number of aliphatic hydroxyl groups is 4. The number of aliphatic hydroxyl groups excluding tert-OH is 4. The summed E-state index contributed by atoms with van der Waals surface area (Å²) in [6.07, 6.45) is -4.09. The molecule has 0 rings (SSSR count). The number of ether oxygens (including phenoxy) is 1. The smallest absolute Gasteiger partial charge is 0.303 e. The third-order valence-electron chi connectivity index (χ3n) is 1.43. The van der Waals surface area contributed by atoms with Crippen molar-refractivity contribution in [2.45, 2.75) is 25.2 Å². The summed E-state index contributed by atoms with van der Waals surface area (Å²) >= 11 is 0. The first kappa shape index (κ1) is 12.3. The van der Waals surface area contributed by atoms with Gasteiger partial charge < -0.3 is 25.2 Å². The maximum atomic E-state index is 10.5. The van der Waals surface area contributed by atoms with E-state index in [0.717, 1.165) is 6.92 Å². The Morgan fingerprint density at radius 2 is 1.62 bits per heavy atom. The molecule has 0 fully saturated rings. The molecule has 0 saturated carbocycles. The monoisotopic (exact) mass is 194 g/mol. The first-order valence-electron chi connectivity index (χ1n) is 3.78. The molecule has 0 amide bonds. The molecule has 0 bridgehead atoms. The number of rotatable bonds is 5. The zero-order valence-corrected chi connectivity index (χ0v) is 7.25. The number of hydrogen-bond acceptors (Lipinski definition) is 6. The first-order valence-corrected chi connectivity index (χ1v) is 3.78. The molecular weight excluding hydrogens is 180 g/mol. The molecule has 0 spiro atoms. The molecule has 2 atom stereocenters. The van der Waals surface area contributed by atoms with Crippen LogP contribution < -0.4 is 0 Å². The second-order valence-corrected chi connectivity index (χ2v) is 2.57. The van der Waals surface area contributed by atoms with E-state index >= 15 is 0 Å². The SMILES string of the molecule is CC(=O)OC(C(O)CO)C(O)CO. The van der Waals surface area contributed by atoms with Crippen LogP contribution in [0.3, 0.4) is 0 Å². The van der Waals surface area contributed by atoms with Gasteiger partial charge in [-0.2, -0.15) is 0 Å². The van der Waals surface area contributed by atoms with Crippen molar-refractivity contribution in [3.63, 3.8) is 0 Å². The van der Waals surface area contributed by atoms with Crippen LogP contribution >= 0.6 is 0 Å². The van der Waals surface area contributed by atoms with Gasteiger partial charge in [-0.05, 0) is 0 Å². The molecule has 0 radical (unpaired) electrons. The van der Waals surface area contributed by atoms with Crippen molar-refractivity contribution >= 4 is 5.97 Å². The summed E-state index contributed by atoms with van der Waals surface area (Å²) in [4.78, 5) is 10.5. The van der Waals surface area contributed by atoms with Gasteiger partial charge in [0.25, 0.3) is 0 Å². The second-order valence-electron chi connectivity index (χ2n) is 2.57. The predicted octanol–water partition coefficient (Wildman–Crippen LogP) is -2.38. The van der Waals surface area contributed by atoms with Crippen molar-refractivity contribution in [3.8, 4) is 0 Å². The fraction of sp³-hybridized carbons (Fsp3) is 0.857. The molecule has 0 aliphatic heterocycles. The molecule has 0 aliphatic carbocycles. The Labute approximate surface area is 75.4 Å². The highest BCUT2D eigenvalue weighted by molar-refractivity contribution is 5.66. The van der Waals surface area contributed by atoms with Gasteiger partial charge in [-0.3, -0.25) is 4.79 Å². The summed E-state index contributed by atoms with van der Waals surface area (Å²) in [5.41, 5.74) is 0. The number of carbonyl (C=O) groups excluding carboxylic acids is 1. The molecule has 0 heterocycles. The Balaban J connectivity index is 4.26. The lowest BCUT2D eigenvalue weighted by Gasteiger charge is -2.24. The molecular formula is C7H14O6. The van der Waals surface area contributed by atoms with Gasteiger partial charge in [0, 0.05) is 6.92 Å². The average Bonchev–Trinajstić information content (AvgIpc) is 2.11. The number of hydrogen-bond donors (Lipinski definition) is 4. The van der Waals surface area contributed by atoms with E-state index in [4.69, 9.17) is 20.4 Å². The Hall–Kier alpha value is -0.690. The molecule has 13 heavy (non-hydrogen) atoms. The van der Waals surface area contributed by atoms with Crippen molar-refractivity contribution in [2.24, 2.45) is 0 Å². The summed E-state index contributed by atoms with van der Waals surface area (Å²) in [5, 5.41) is 35.2. The zero-order valence-electron chi connectivity index (χ0n) is 7.25. The average molecular weight is 194 g/mol. The van der Waals surface area contributed by atoms with E-state index in [1.807, 2.05) is 0 Å². The van der Waals surface area contributed by atoms with Crippen LogP contribution in [0.15, 0.2) is 0 Å².